The number of halogens is 1. The van der Waals surface area contributed by atoms with Crippen molar-refractivity contribution in [3.05, 3.63) is 71.9 Å². The first-order valence-corrected chi connectivity index (χ1v) is 13.8. The Hall–Kier alpha value is -4.05. The third-order valence-electron chi connectivity index (χ3n) is 7.30. The lowest BCUT2D eigenvalue weighted by molar-refractivity contribution is -0.126. The summed E-state index contributed by atoms with van der Waals surface area (Å²) < 4.78 is 19.4. The first kappa shape index (κ1) is 27.5. The number of hydrogen-bond acceptors (Lipinski definition) is 6. The third kappa shape index (κ3) is 6.56. The van der Waals surface area contributed by atoms with Gasteiger partial charge in [-0.15, -0.1) is 0 Å². The molecule has 2 fully saturated rings. The van der Waals surface area contributed by atoms with E-state index in [0.717, 1.165) is 48.7 Å². The SMILES string of the molecule is CC(C)NC(=O)C1CCN(c2cccc(-c3cnc(/C=C\C(=N)N4CCOCC4c4cccc(F)c4)[nH]3)n2)CC1. The molecule has 5 rings (SSSR count). The van der Waals surface area contributed by atoms with Crippen LogP contribution in [0, 0.1) is 17.1 Å². The first-order chi connectivity index (χ1) is 19.4. The molecule has 2 aliphatic rings. The Kier molecular flexibility index (Phi) is 8.54. The second-order valence-electron chi connectivity index (χ2n) is 10.5. The Labute approximate surface area is 234 Å². The Morgan fingerprint density at radius 3 is 2.77 bits per heavy atom. The minimum atomic E-state index is -0.301. The molecule has 2 aliphatic heterocycles. The fraction of sp³-hybridized carbons (Fsp3) is 0.400. The Balaban J connectivity index is 1.22. The lowest BCUT2D eigenvalue weighted by Gasteiger charge is -2.36. The number of rotatable bonds is 7. The van der Waals surface area contributed by atoms with Crippen LogP contribution in [0.1, 0.15) is 44.1 Å². The van der Waals surface area contributed by atoms with Gasteiger partial charge < -0.3 is 24.8 Å². The van der Waals surface area contributed by atoms with Crippen LogP contribution >= 0.6 is 0 Å². The van der Waals surface area contributed by atoms with Gasteiger partial charge in [-0.05, 0) is 68.7 Å². The summed E-state index contributed by atoms with van der Waals surface area (Å²) >= 11 is 0. The molecule has 0 aliphatic carbocycles. The summed E-state index contributed by atoms with van der Waals surface area (Å²) in [5.41, 5.74) is 2.34. The predicted octanol–water partition coefficient (Wildman–Crippen LogP) is 4.42. The molecule has 1 unspecified atom stereocenters. The number of morpholine rings is 1. The zero-order valence-corrected chi connectivity index (χ0v) is 22.9. The van der Waals surface area contributed by atoms with Gasteiger partial charge in [0, 0.05) is 31.6 Å². The van der Waals surface area contributed by atoms with Crippen molar-refractivity contribution in [1.29, 1.82) is 5.41 Å². The van der Waals surface area contributed by atoms with Gasteiger partial charge in [0.05, 0.1) is 36.8 Å². The van der Waals surface area contributed by atoms with Gasteiger partial charge in [0.15, 0.2) is 0 Å². The van der Waals surface area contributed by atoms with Crippen LogP contribution in [0.5, 0.6) is 0 Å². The number of pyridine rings is 1. The van der Waals surface area contributed by atoms with Crippen molar-refractivity contribution in [2.75, 3.05) is 37.7 Å². The molecule has 2 aromatic heterocycles. The number of piperidine rings is 1. The number of hydrogen-bond donors (Lipinski definition) is 3. The van der Waals surface area contributed by atoms with E-state index in [1.807, 2.05) is 43.0 Å². The minimum Gasteiger partial charge on any atom is -0.377 e. The number of nitrogens with one attached hydrogen (secondary N) is 3. The van der Waals surface area contributed by atoms with Crippen LogP contribution in [0.3, 0.4) is 0 Å². The largest absolute Gasteiger partial charge is 0.377 e. The lowest BCUT2D eigenvalue weighted by Crippen LogP contribution is -2.42. The molecule has 10 heteroatoms. The van der Waals surface area contributed by atoms with Gasteiger partial charge in [-0.2, -0.15) is 0 Å². The van der Waals surface area contributed by atoms with E-state index >= 15 is 0 Å². The van der Waals surface area contributed by atoms with Crippen molar-refractivity contribution in [2.24, 2.45) is 5.92 Å². The highest BCUT2D eigenvalue weighted by Gasteiger charge is 2.27. The highest BCUT2D eigenvalue weighted by Crippen LogP contribution is 2.27. The van der Waals surface area contributed by atoms with Crippen LogP contribution in [-0.4, -0.2) is 70.5 Å². The third-order valence-corrected chi connectivity index (χ3v) is 7.30. The predicted molar refractivity (Wildman–Crippen MR) is 153 cm³/mol. The highest BCUT2D eigenvalue weighted by atomic mass is 19.1. The van der Waals surface area contributed by atoms with E-state index in [1.165, 1.54) is 12.1 Å². The number of imidazole rings is 1. The smallest absolute Gasteiger partial charge is 0.223 e. The van der Waals surface area contributed by atoms with Gasteiger partial charge in [0.2, 0.25) is 5.91 Å². The molecule has 1 aromatic carbocycles. The van der Waals surface area contributed by atoms with Crippen LogP contribution in [0.15, 0.2) is 54.7 Å². The van der Waals surface area contributed by atoms with E-state index < -0.39 is 0 Å². The number of aromatic nitrogens is 3. The van der Waals surface area contributed by atoms with Gasteiger partial charge in [-0.1, -0.05) is 18.2 Å². The average Bonchev–Trinajstić information content (AvgIpc) is 3.45. The lowest BCUT2D eigenvalue weighted by atomic mass is 9.95. The molecular formula is C30H36FN7O2. The molecule has 0 spiro atoms. The summed E-state index contributed by atoms with van der Waals surface area (Å²) in [6.45, 7) is 6.99. The van der Waals surface area contributed by atoms with E-state index in [0.29, 0.717) is 31.4 Å². The number of ether oxygens (including phenoxy) is 1. The second kappa shape index (κ2) is 12.4. The molecule has 3 N–H and O–H groups in total. The molecule has 0 bridgehead atoms. The number of amidine groups is 1. The Morgan fingerprint density at radius 1 is 1.20 bits per heavy atom. The van der Waals surface area contributed by atoms with Crippen LogP contribution in [0.25, 0.3) is 17.5 Å². The summed E-state index contributed by atoms with van der Waals surface area (Å²) in [5, 5.41) is 11.7. The minimum absolute atomic E-state index is 0.0455. The van der Waals surface area contributed by atoms with E-state index in [4.69, 9.17) is 15.1 Å². The average molecular weight is 546 g/mol. The fourth-order valence-electron chi connectivity index (χ4n) is 5.21. The van der Waals surface area contributed by atoms with Crippen molar-refractivity contribution >= 4 is 23.6 Å². The topological polar surface area (TPSA) is 110 Å². The van der Waals surface area contributed by atoms with E-state index in [2.05, 4.69) is 20.2 Å². The quantitative estimate of drug-likeness (QED) is 0.300. The number of carbonyl (C=O) groups excluding carboxylic acids is 1. The molecule has 210 valence electrons. The first-order valence-electron chi connectivity index (χ1n) is 13.8. The molecule has 40 heavy (non-hydrogen) atoms. The molecule has 3 aromatic rings. The summed E-state index contributed by atoms with van der Waals surface area (Å²) in [7, 11) is 0. The van der Waals surface area contributed by atoms with Crippen molar-refractivity contribution in [3.63, 3.8) is 0 Å². The zero-order chi connectivity index (χ0) is 28.1. The zero-order valence-electron chi connectivity index (χ0n) is 22.9. The fourth-order valence-corrected chi connectivity index (χ4v) is 5.21. The molecule has 0 saturated carbocycles. The summed E-state index contributed by atoms with van der Waals surface area (Å²) in [4.78, 5) is 29.1. The number of amides is 1. The van der Waals surface area contributed by atoms with Crippen LogP contribution in [0.4, 0.5) is 10.2 Å². The number of nitrogens with zero attached hydrogens (tertiary/aromatic N) is 4. The maximum Gasteiger partial charge on any atom is 0.223 e. The normalized spacial score (nSPS) is 18.4. The molecule has 2 saturated heterocycles. The molecule has 0 radical (unpaired) electrons. The number of benzene rings is 1. The molecule has 9 nitrogen and oxygen atoms in total. The van der Waals surface area contributed by atoms with E-state index in [1.54, 1.807) is 24.4 Å². The van der Waals surface area contributed by atoms with Gasteiger partial charge in [0.25, 0.3) is 0 Å². The van der Waals surface area contributed by atoms with E-state index in [9.17, 15) is 9.18 Å². The van der Waals surface area contributed by atoms with Crippen LogP contribution in [0.2, 0.25) is 0 Å². The molecule has 4 heterocycles. The Morgan fingerprint density at radius 2 is 2.00 bits per heavy atom. The highest BCUT2D eigenvalue weighted by molar-refractivity contribution is 5.94. The van der Waals surface area contributed by atoms with Crippen molar-refractivity contribution < 1.29 is 13.9 Å². The molecule has 1 amide bonds. The second-order valence-corrected chi connectivity index (χ2v) is 10.5. The van der Waals surface area contributed by atoms with Gasteiger partial charge >= 0.3 is 0 Å². The number of aromatic amines is 1. The summed E-state index contributed by atoms with van der Waals surface area (Å²) in [6, 6.07) is 12.3. The number of carbonyl (C=O) groups is 1. The number of H-pyrrole nitrogens is 1. The molecule has 1 atom stereocenters. The van der Waals surface area contributed by atoms with Crippen molar-refractivity contribution in [2.45, 2.75) is 38.8 Å². The van der Waals surface area contributed by atoms with Gasteiger partial charge in [-0.25, -0.2) is 14.4 Å². The van der Waals surface area contributed by atoms with Crippen LogP contribution < -0.4 is 10.2 Å². The Bertz CT molecular complexity index is 1360. The number of anilines is 1. The maximum absolute atomic E-state index is 13.8. The van der Waals surface area contributed by atoms with Crippen molar-refractivity contribution in [1.82, 2.24) is 25.2 Å². The van der Waals surface area contributed by atoms with Gasteiger partial charge in [0.1, 0.15) is 23.3 Å². The van der Waals surface area contributed by atoms with Crippen molar-refractivity contribution in [3.8, 4) is 11.4 Å². The maximum atomic E-state index is 13.8. The van der Waals surface area contributed by atoms with E-state index in [-0.39, 0.29) is 29.7 Å². The summed E-state index contributed by atoms with van der Waals surface area (Å²) in [5.74, 6) is 1.68. The van der Waals surface area contributed by atoms with Gasteiger partial charge in [-0.3, -0.25) is 10.2 Å². The monoisotopic (exact) mass is 545 g/mol. The summed E-state index contributed by atoms with van der Waals surface area (Å²) in [6.07, 6.45) is 6.81. The molecular weight excluding hydrogens is 509 g/mol. The standard InChI is InChI=1S/C30H36FN7O2/c1-20(2)34-30(39)21-11-13-37(14-12-21)29-8-4-7-24(36-29)25-18-33-28(35-25)10-9-27(32)38-15-16-40-19-26(38)22-5-3-6-23(31)17-22/h3-10,17-18,20-21,26,32H,11-16,19H2,1-2H3,(H,33,35)(H,34,39)/b10-9-,32-27?. The van der Waals surface area contributed by atoms with Crippen LogP contribution in [-0.2, 0) is 9.53 Å².